The van der Waals surface area contributed by atoms with Gasteiger partial charge in [-0.1, -0.05) is 0 Å². The van der Waals surface area contributed by atoms with Crippen molar-refractivity contribution < 1.29 is 14.3 Å². The maximum absolute atomic E-state index is 11.2. The first-order chi connectivity index (χ1) is 5.59. The molecule has 4 heteroatoms. The van der Waals surface area contributed by atoms with Gasteiger partial charge in [-0.15, -0.1) is 0 Å². The van der Waals surface area contributed by atoms with Crippen LogP contribution in [0.3, 0.4) is 0 Å². The summed E-state index contributed by atoms with van der Waals surface area (Å²) in [5, 5.41) is 0. The summed E-state index contributed by atoms with van der Waals surface area (Å²) < 4.78 is 9.97. The number of ether oxygens (including phenoxy) is 2. The molecule has 1 rings (SSSR count). The van der Waals surface area contributed by atoms with Crippen molar-refractivity contribution in [3.05, 3.63) is 0 Å². The number of esters is 1. The lowest BCUT2D eigenvalue weighted by molar-refractivity contribution is -0.149. The number of carbonyl (C=O) groups excluding carboxylic acids is 1. The monoisotopic (exact) mass is 171 g/mol. The largest absolute Gasteiger partial charge is 0.478 e. The Labute approximate surface area is 71.6 Å². The Morgan fingerprint density at radius 3 is 2.83 bits per heavy atom. The molecule has 1 aliphatic heterocycles. The molecule has 0 spiro atoms. The summed E-state index contributed by atoms with van der Waals surface area (Å²) in [4.78, 5) is 15.2. The van der Waals surface area contributed by atoms with Gasteiger partial charge in [-0.2, -0.15) is 0 Å². The van der Waals surface area contributed by atoms with E-state index in [9.17, 15) is 4.79 Å². The van der Waals surface area contributed by atoms with E-state index in [0.717, 1.165) is 0 Å². The molecule has 0 radical (unpaired) electrons. The van der Waals surface area contributed by atoms with Gasteiger partial charge in [-0.3, -0.25) is 0 Å². The van der Waals surface area contributed by atoms with Gasteiger partial charge in [0.05, 0.1) is 6.10 Å². The molecule has 0 aromatic heterocycles. The van der Waals surface area contributed by atoms with Crippen LogP contribution in [0, 0.1) is 0 Å². The molecule has 0 unspecified atom stereocenters. The summed E-state index contributed by atoms with van der Waals surface area (Å²) in [7, 11) is 0. The Morgan fingerprint density at radius 1 is 1.75 bits per heavy atom. The zero-order chi connectivity index (χ0) is 9.14. The average molecular weight is 171 g/mol. The first-order valence-corrected chi connectivity index (χ1v) is 3.97. The third-order valence-electron chi connectivity index (χ3n) is 1.41. The highest BCUT2D eigenvalue weighted by atomic mass is 16.6. The van der Waals surface area contributed by atoms with Crippen LogP contribution in [0.2, 0.25) is 0 Å². The lowest BCUT2D eigenvalue weighted by Crippen LogP contribution is -2.25. The van der Waals surface area contributed by atoms with Gasteiger partial charge in [0.15, 0.2) is 11.9 Å². The number of carbonyl (C=O) groups is 1. The highest BCUT2D eigenvalue weighted by molar-refractivity contribution is 5.84. The van der Waals surface area contributed by atoms with E-state index >= 15 is 0 Å². The smallest absolute Gasteiger partial charge is 0.334 e. The average Bonchev–Trinajstić information content (AvgIpc) is 2.34. The molecule has 12 heavy (non-hydrogen) atoms. The zero-order valence-electron chi connectivity index (χ0n) is 7.53. The van der Waals surface area contributed by atoms with Crippen molar-refractivity contribution in [3.63, 3.8) is 0 Å². The molecule has 0 aromatic rings. The second-order valence-corrected chi connectivity index (χ2v) is 2.96. The van der Waals surface area contributed by atoms with Gasteiger partial charge < -0.3 is 9.47 Å². The molecule has 4 nitrogen and oxygen atoms in total. The van der Waals surface area contributed by atoms with Crippen molar-refractivity contribution in [2.75, 3.05) is 6.61 Å². The molecule has 0 bridgehead atoms. The van der Waals surface area contributed by atoms with Crippen molar-refractivity contribution in [3.8, 4) is 0 Å². The van der Waals surface area contributed by atoms with Gasteiger partial charge in [0, 0.05) is 6.92 Å². The minimum Gasteiger partial charge on any atom is -0.478 e. The number of hydrogen-bond acceptors (Lipinski definition) is 4. The zero-order valence-corrected chi connectivity index (χ0v) is 7.53. The molecule has 0 saturated carbocycles. The molecule has 0 aromatic carbocycles. The molecule has 1 aliphatic rings. The lowest BCUT2D eigenvalue weighted by atomic mass is 10.3. The van der Waals surface area contributed by atoms with E-state index in [0.29, 0.717) is 12.5 Å². The van der Waals surface area contributed by atoms with Crippen molar-refractivity contribution >= 4 is 11.9 Å². The number of nitrogens with zero attached hydrogens (tertiary/aromatic N) is 1. The van der Waals surface area contributed by atoms with Gasteiger partial charge >= 0.3 is 5.97 Å². The van der Waals surface area contributed by atoms with Gasteiger partial charge in [0.25, 0.3) is 0 Å². The molecule has 0 fully saturated rings. The van der Waals surface area contributed by atoms with E-state index in [1.54, 1.807) is 6.92 Å². The summed E-state index contributed by atoms with van der Waals surface area (Å²) in [6.45, 7) is 5.66. The molecule has 1 atom stereocenters. The predicted octanol–water partition coefficient (Wildman–Crippen LogP) is 0.755. The quantitative estimate of drug-likeness (QED) is 0.576. The normalized spacial score (nSPS) is 22.0. The Bertz CT molecular complexity index is 210. The maximum Gasteiger partial charge on any atom is 0.334 e. The first kappa shape index (κ1) is 9.03. The number of hydrogen-bond donors (Lipinski definition) is 0. The molecule has 0 saturated heterocycles. The topological polar surface area (TPSA) is 47.9 Å². The van der Waals surface area contributed by atoms with Crippen LogP contribution in [0.1, 0.15) is 20.8 Å². The fourth-order valence-corrected chi connectivity index (χ4v) is 0.925. The van der Waals surface area contributed by atoms with Crippen molar-refractivity contribution in [2.24, 2.45) is 4.99 Å². The third kappa shape index (κ3) is 2.22. The molecular formula is C8H13NO3. The van der Waals surface area contributed by atoms with E-state index in [1.807, 2.05) is 13.8 Å². The molecule has 0 amide bonds. The fourth-order valence-electron chi connectivity index (χ4n) is 0.925. The van der Waals surface area contributed by atoms with E-state index in [4.69, 9.17) is 9.47 Å². The van der Waals surface area contributed by atoms with Crippen LogP contribution in [-0.4, -0.2) is 30.6 Å². The first-order valence-electron chi connectivity index (χ1n) is 3.97. The summed E-state index contributed by atoms with van der Waals surface area (Å²) in [6, 6.07) is -0.451. The predicted molar refractivity (Wildman–Crippen MR) is 44.1 cm³/mol. The fraction of sp³-hybridized carbons (Fsp3) is 0.750. The van der Waals surface area contributed by atoms with E-state index < -0.39 is 6.04 Å². The van der Waals surface area contributed by atoms with Crippen LogP contribution in [0.15, 0.2) is 4.99 Å². The summed E-state index contributed by atoms with van der Waals surface area (Å²) >= 11 is 0. The Balaban J connectivity index is 2.44. The van der Waals surface area contributed by atoms with Crippen LogP contribution in [0.25, 0.3) is 0 Å². The van der Waals surface area contributed by atoms with Crippen molar-refractivity contribution in [2.45, 2.75) is 32.9 Å². The summed E-state index contributed by atoms with van der Waals surface area (Å²) in [5.41, 5.74) is 0. The Hall–Kier alpha value is -1.06. The van der Waals surface area contributed by atoms with Gasteiger partial charge in [0.1, 0.15) is 6.61 Å². The molecule has 0 aliphatic carbocycles. The SMILES string of the molecule is CC1=N[C@H](C(=O)OC(C)C)CO1. The van der Waals surface area contributed by atoms with Crippen molar-refractivity contribution in [1.29, 1.82) is 0 Å². The van der Waals surface area contributed by atoms with Crippen LogP contribution in [0.4, 0.5) is 0 Å². The molecular weight excluding hydrogens is 158 g/mol. The second kappa shape index (κ2) is 3.56. The van der Waals surface area contributed by atoms with Gasteiger partial charge in [-0.25, -0.2) is 9.79 Å². The van der Waals surface area contributed by atoms with Crippen LogP contribution in [0.5, 0.6) is 0 Å². The van der Waals surface area contributed by atoms with E-state index in [-0.39, 0.29) is 12.1 Å². The Morgan fingerprint density at radius 2 is 2.42 bits per heavy atom. The molecule has 1 heterocycles. The summed E-state index contributed by atoms with van der Waals surface area (Å²) in [6.07, 6.45) is -0.0893. The third-order valence-corrected chi connectivity index (χ3v) is 1.41. The van der Waals surface area contributed by atoms with Crippen molar-refractivity contribution in [1.82, 2.24) is 0 Å². The molecule has 68 valence electrons. The van der Waals surface area contributed by atoms with Crippen LogP contribution >= 0.6 is 0 Å². The number of aliphatic imine (C=N–C) groups is 1. The minimum absolute atomic E-state index is 0.0893. The van der Waals surface area contributed by atoms with Crippen LogP contribution in [-0.2, 0) is 14.3 Å². The van der Waals surface area contributed by atoms with E-state index in [1.165, 1.54) is 0 Å². The standard InChI is InChI=1S/C8H13NO3/c1-5(2)12-8(10)7-4-11-6(3)9-7/h5,7H,4H2,1-3H3/t7-/m0/s1. The highest BCUT2D eigenvalue weighted by Crippen LogP contribution is 2.07. The number of rotatable bonds is 2. The minimum atomic E-state index is -0.451. The summed E-state index contributed by atoms with van der Waals surface area (Å²) in [5.74, 6) is 0.252. The van der Waals surface area contributed by atoms with Crippen LogP contribution < -0.4 is 0 Å². The van der Waals surface area contributed by atoms with E-state index in [2.05, 4.69) is 4.99 Å². The Kier molecular flexibility index (Phi) is 2.68. The maximum atomic E-state index is 11.2. The molecule has 0 N–H and O–H groups in total. The van der Waals surface area contributed by atoms with Gasteiger partial charge in [-0.05, 0) is 13.8 Å². The highest BCUT2D eigenvalue weighted by Gasteiger charge is 2.25. The van der Waals surface area contributed by atoms with Gasteiger partial charge in [0.2, 0.25) is 0 Å². The second-order valence-electron chi connectivity index (χ2n) is 2.96. The lowest BCUT2D eigenvalue weighted by Gasteiger charge is -2.09.